The Kier molecular flexibility index (Phi) is 6.37. The monoisotopic (exact) mass is 393 g/mol. The molecular weight excluding hydrogens is 366 g/mol. The zero-order chi connectivity index (χ0) is 20.9. The van der Waals surface area contributed by atoms with Crippen molar-refractivity contribution in [3.63, 3.8) is 0 Å². The topological polar surface area (TPSA) is 64.6 Å². The van der Waals surface area contributed by atoms with Gasteiger partial charge in [-0.25, -0.2) is 9.59 Å². The maximum atomic E-state index is 12.6. The van der Waals surface area contributed by atoms with Crippen molar-refractivity contribution in [3.8, 4) is 0 Å². The van der Waals surface area contributed by atoms with Crippen LogP contribution in [-0.2, 0) is 20.7 Å². The van der Waals surface area contributed by atoms with Gasteiger partial charge in [0.1, 0.15) is 11.6 Å². The van der Waals surface area contributed by atoms with Gasteiger partial charge < -0.3 is 14.8 Å². The van der Waals surface area contributed by atoms with Gasteiger partial charge in [-0.15, -0.1) is 0 Å². The van der Waals surface area contributed by atoms with Gasteiger partial charge in [0.2, 0.25) is 0 Å². The number of cyclic esters (lactones) is 1. The van der Waals surface area contributed by atoms with Crippen LogP contribution < -0.4 is 5.32 Å². The Labute approximate surface area is 171 Å². The van der Waals surface area contributed by atoms with Crippen LogP contribution >= 0.6 is 0 Å². The number of ether oxygens (including phenoxy) is 2. The number of hydrogen-bond acceptors (Lipinski definition) is 4. The average Bonchev–Trinajstić information content (AvgIpc) is 2.97. The van der Waals surface area contributed by atoms with Gasteiger partial charge in [0, 0.05) is 0 Å². The van der Waals surface area contributed by atoms with Crippen LogP contribution in [0.5, 0.6) is 0 Å². The highest BCUT2D eigenvalue weighted by atomic mass is 16.6. The van der Waals surface area contributed by atoms with Crippen LogP contribution in [0.3, 0.4) is 0 Å². The fraction of sp³-hybridized carbons (Fsp3) is 0.333. The van der Waals surface area contributed by atoms with Crippen molar-refractivity contribution in [3.05, 3.63) is 83.4 Å². The predicted octanol–water partition coefficient (Wildman–Crippen LogP) is 4.74. The Bertz CT molecular complexity index is 869. The third kappa shape index (κ3) is 5.70. The molecule has 2 aromatic carbocycles. The van der Waals surface area contributed by atoms with Crippen molar-refractivity contribution in [2.45, 2.75) is 51.4 Å². The molecule has 1 aliphatic heterocycles. The molecule has 2 atom stereocenters. The first-order valence-electron chi connectivity index (χ1n) is 9.83. The summed E-state index contributed by atoms with van der Waals surface area (Å²) >= 11 is 0. The summed E-state index contributed by atoms with van der Waals surface area (Å²) in [7, 11) is 0. The lowest BCUT2D eigenvalue weighted by molar-refractivity contribution is -0.139. The third-order valence-corrected chi connectivity index (χ3v) is 4.55. The van der Waals surface area contributed by atoms with Crippen LogP contribution in [0.15, 0.2) is 72.3 Å². The SMILES string of the molecule is CC(C)(C)OC(=O)N[C@H]1/C(=C/CCc2ccccc2)C(=O)O[C@@H]1c1ccccc1. The standard InChI is InChI=1S/C24H27NO4/c1-24(2,3)29-23(27)25-20-19(16-10-13-17-11-6-4-7-12-17)22(26)28-21(20)18-14-8-5-9-15-18/h4-9,11-12,14-16,20-21H,10,13H2,1-3H3,(H,25,27)/b19-16-/t20-,21+/m0/s1. The van der Waals surface area contributed by atoms with E-state index in [2.05, 4.69) is 17.4 Å². The molecular formula is C24H27NO4. The summed E-state index contributed by atoms with van der Waals surface area (Å²) in [4.78, 5) is 25.0. The number of alkyl carbamates (subject to hydrolysis) is 1. The molecule has 1 N–H and O–H groups in total. The van der Waals surface area contributed by atoms with Crippen molar-refractivity contribution in [2.75, 3.05) is 0 Å². The zero-order valence-corrected chi connectivity index (χ0v) is 17.1. The van der Waals surface area contributed by atoms with Gasteiger partial charge >= 0.3 is 12.1 Å². The molecule has 1 aliphatic rings. The largest absolute Gasteiger partial charge is 0.451 e. The Morgan fingerprint density at radius 3 is 2.31 bits per heavy atom. The first kappa shape index (κ1) is 20.6. The number of nitrogens with one attached hydrogen (secondary N) is 1. The molecule has 1 saturated heterocycles. The fourth-order valence-corrected chi connectivity index (χ4v) is 3.28. The van der Waals surface area contributed by atoms with Gasteiger partial charge in [-0.3, -0.25) is 0 Å². The van der Waals surface area contributed by atoms with E-state index in [9.17, 15) is 9.59 Å². The van der Waals surface area contributed by atoms with Crippen molar-refractivity contribution in [1.29, 1.82) is 0 Å². The van der Waals surface area contributed by atoms with Gasteiger partial charge in [-0.1, -0.05) is 66.7 Å². The molecule has 0 bridgehead atoms. The fourth-order valence-electron chi connectivity index (χ4n) is 3.28. The highest BCUT2D eigenvalue weighted by Gasteiger charge is 2.42. The molecule has 3 rings (SSSR count). The molecule has 5 heteroatoms. The average molecular weight is 393 g/mol. The minimum atomic E-state index is -0.632. The molecule has 152 valence electrons. The number of benzene rings is 2. The smallest absolute Gasteiger partial charge is 0.408 e. The molecule has 5 nitrogen and oxygen atoms in total. The van der Waals surface area contributed by atoms with E-state index >= 15 is 0 Å². The number of carbonyl (C=O) groups excluding carboxylic acids is 2. The van der Waals surface area contributed by atoms with Crippen molar-refractivity contribution >= 4 is 12.1 Å². The Morgan fingerprint density at radius 2 is 1.69 bits per heavy atom. The summed E-state index contributed by atoms with van der Waals surface area (Å²) in [6, 6.07) is 18.9. The number of allylic oxidation sites excluding steroid dienone is 1. The van der Waals surface area contributed by atoms with Crippen LogP contribution in [0.25, 0.3) is 0 Å². The van der Waals surface area contributed by atoms with E-state index in [0.717, 1.165) is 12.0 Å². The van der Waals surface area contributed by atoms with Gasteiger partial charge in [-0.05, 0) is 44.7 Å². The minimum Gasteiger partial charge on any atom is -0.451 e. The summed E-state index contributed by atoms with van der Waals surface area (Å²) in [6.07, 6.45) is 2.17. The Balaban J connectivity index is 1.80. The van der Waals surface area contributed by atoms with Gasteiger partial charge in [0.15, 0.2) is 6.10 Å². The highest BCUT2D eigenvalue weighted by molar-refractivity contribution is 5.93. The second-order valence-electron chi connectivity index (χ2n) is 8.04. The van der Waals surface area contributed by atoms with Crippen molar-refractivity contribution < 1.29 is 19.1 Å². The van der Waals surface area contributed by atoms with E-state index < -0.39 is 29.8 Å². The lowest BCUT2D eigenvalue weighted by Crippen LogP contribution is -2.41. The first-order chi connectivity index (χ1) is 13.8. The number of amides is 1. The van der Waals surface area contributed by atoms with Gasteiger partial charge in [-0.2, -0.15) is 0 Å². The molecule has 1 amide bonds. The first-order valence-corrected chi connectivity index (χ1v) is 9.83. The maximum Gasteiger partial charge on any atom is 0.408 e. The lowest BCUT2D eigenvalue weighted by atomic mass is 9.97. The van der Waals surface area contributed by atoms with Crippen LogP contribution in [0, 0.1) is 0 Å². The van der Waals surface area contributed by atoms with E-state index in [1.165, 1.54) is 5.56 Å². The predicted molar refractivity (Wildman–Crippen MR) is 111 cm³/mol. The lowest BCUT2D eigenvalue weighted by Gasteiger charge is -2.24. The van der Waals surface area contributed by atoms with Crippen LogP contribution in [0.1, 0.15) is 44.4 Å². The van der Waals surface area contributed by atoms with Crippen LogP contribution in [0.4, 0.5) is 4.79 Å². The Hall–Kier alpha value is -3.08. The van der Waals surface area contributed by atoms with Crippen LogP contribution in [0.2, 0.25) is 0 Å². The number of hydrogen-bond donors (Lipinski definition) is 1. The highest BCUT2D eigenvalue weighted by Crippen LogP contribution is 2.34. The molecule has 2 aromatic rings. The number of esters is 1. The number of rotatable bonds is 5. The number of aryl methyl sites for hydroxylation is 1. The number of carbonyl (C=O) groups is 2. The summed E-state index contributed by atoms with van der Waals surface area (Å²) in [5.74, 6) is -0.409. The van der Waals surface area contributed by atoms with Crippen molar-refractivity contribution in [2.24, 2.45) is 0 Å². The minimum absolute atomic E-state index is 0.409. The van der Waals surface area contributed by atoms with Gasteiger partial charge in [0.25, 0.3) is 0 Å². The molecule has 0 unspecified atom stereocenters. The van der Waals surface area contributed by atoms with E-state index in [4.69, 9.17) is 9.47 Å². The molecule has 29 heavy (non-hydrogen) atoms. The summed E-state index contributed by atoms with van der Waals surface area (Å²) in [5, 5.41) is 2.84. The summed E-state index contributed by atoms with van der Waals surface area (Å²) in [6.45, 7) is 5.40. The molecule has 0 aromatic heterocycles. The zero-order valence-electron chi connectivity index (χ0n) is 17.1. The summed E-state index contributed by atoms with van der Waals surface area (Å²) < 4.78 is 11.0. The molecule has 0 saturated carbocycles. The normalized spacial score (nSPS) is 20.4. The van der Waals surface area contributed by atoms with E-state index in [0.29, 0.717) is 12.0 Å². The molecule has 1 heterocycles. The van der Waals surface area contributed by atoms with E-state index in [1.54, 1.807) is 20.8 Å². The third-order valence-electron chi connectivity index (χ3n) is 4.55. The van der Waals surface area contributed by atoms with Crippen LogP contribution in [-0.4, -0.2) is 23.7 Å². The molecule has 0 radical (unpaired) electrons. The van der Waals surface area contributed by atoms with E-state index in [-0.39, 0.29) is 0 Å². The Morgan fingerprint density at radius 1 is 1.07 bits per heavy atom. The second-order valence-corrected chi connectivity index (χ2v) is 8.04. The molecule has 0 spiro atoms. The van der Waals surface area contributed by atoms with Crippen molar-refractivity contribution in [1.82, 2.24) is 5.32 Å². The maximum absolute atomic E-state index is 12.6. The summed E-state index contributed by atoms with van der Waals surface area (Å²) in [5.41, 5.74) is 1.84. The second kappa shape index (κ2) is 8.95. The quantitative estimate of drug-likeness (QED) is 0.589. The molecule has 1 fully saturated rings. The van der Waals surface area contributed by atoms with Gasteiger partial charge in [0.05, 0.1) is 5.57 Å². The molecule has 0 aliphatic carbocycles. The van der Waals surface area contributed by atoms with E-state index in [1.807, 2.05) is 54.6 Å².